The van der Waals surface area contributed by atoms with Gasteiger partial charge in [-0.2, -0.15) is 0 Å². The third kappa shape index (κ3) is 4.85. The number of anilines is 1. The van der Waals surface area contributed by atoms with Gasteiger partial charge in [0, 0.05) is 23.9 Å². The quantitative estimate of drug-likeness (QED) is 0.549. The third-order valence-electron chi connectivity index (χ3n) is 2.78. The number of urea groups is 1. The number of benzene rings is 1. The summed E-state index contributed by atoms with van der Waals surface area (Å²) < 4.78 is 0. The Bertz CT molecular complexity index is 491. The molecule has 1 unspecified atom stereocenters. The van der Waals surface area contributed by atoms with Crippen LogP contribution in [0.1, 0.15) is 25.3 Å². The number of nitrogens with one attached hydrogen (secondary N) is 2. The lowest BCUT2D eigenvalue weighted by molar-refractivity contribution is -0.385. The summed E-state index contributed by atoms with van der Waals surface area (Å²) in [5, 5.41) is 25.3. The van der Waals surface area contributed by atoms with Gasteiger partial charge >= 0.3 is 6.03 Å². The van der Waals surface area contributed by atoms with E-state index in [0.717, 1.165) is 6.42 Å². The highest BCUT2D eigenvalue weighted by Crippen LogP contribution is 2.22. The van der Waals surface area contributed by atoms with Gasteiger partial charge in [-0.05, 0) is 19.4 Å². The van der Waals surface area contributed by atoms with Crippen molar-refractivity contribution < 1.29 is 14.8 Å². The van der Waals surface area contributed by atoms with E-state index in [1.165, 1.54) is 6.07 Å². The van der Waals surface area contributed by atoms with Crippen LogP contribution in [0.2, 0.25) is 0 Å². The summed E-state index contributed by atoms with van der Waals surface area (Å²) in [6, 6.07) is 3.96. The Labute approximate surface area is 117 Å². The standard InChI is InChI=1S/C13H19N3O4/c1-3-4-11(17)8-14-13(18)15-10-6-5-9(2)12(7-10)16(19)20/h5-7,11,17H,3-4,8H2,1-2H3,(H2,14,15,18). The fraction of sp³-hybridized carbons (Fsp3) is 0.462. The van der Waals surface area contributed by atoms with Crippen molar-refractivity contribution in [3.05, 3.63) is 33.9 Å². The maximum Gasteiger partial charge on any atom is 0.319 e. The molecule has 1 rings (SSSR count). The van der Waals surface area contributed by atoms with Crippen LogP contribution < -0.4 is 10.6 Å². The van der Waals surface area contributed by atoms with Crippen LogP contribution in [0.15, 0.2) is 18.2 Å². The van der Waals surface area contributed by atoms with Crippen molar-refractivity contribution in [2.45, 2.75) is 32.8 Å². The zero-order chi connectivity index (χ0) is 15.1. The Morgan fingerprint density at radius 1 is 1.50 bits per heavy atom. The number of hydrogen-bond donors (Lipinski definition) is 3. The fourth-order valence-corrected chi connectivity index (χ4v) is 1.70. The van der Waals surface area contributed by atoms with Crippen LogP contribution in [0.4, 0.5) is 16.2 Å². The third-order valence-corrected chi connectivity index (χ3v) is 2.78. The molecule has 0 spiro atoms. The number of carbonyl (C=O) groups is 1. The molecule has 0 fully saturated rings. The molecule has 1 aromatic rings. The Morgan fingerprint density at radius 2 is 2.20 bits per heavy atom. The van der Waals surface area contributed by atoms with Gasteiger partial charge in [-0.15, -0.1) is 0 Å². The van der Waals surface area contributed by atoms with Gasteiger partial charge in [0.2, 0.25) is 0 Å². The molecule has 0 radical (unpaired) electrons. The first kappa shape index (κ1) is 15.9. The molecule has 0 heterocycles. The van der Waals surface area contributed by atoms with E-state index in [4.69, 9.17) is 0 Å². The van der Waals surface area contributed by atoms with Crippen molar-refractivity contribution in [2.75, 3.05) is 11.9 Å². The molecule has 1 atom stereocenters. The predicted octanol–water partition coefficient (Wildman–Crippen LogP) is 2.19. The number of nitro benzene ring substituents is 1. The normalized spacial score (nSPS) is 11.8. The number of aryl methyl sites for hydroxylation is 1. The number of nitro groups is 1. The van der Waals surface area contributed by atoms with Gasteiger partial charge < -0.3 is 15.7 Å². The molecule has 3 N–H and O–H groups in total. The van der Waals surface area contributed by atoms with Crippen molar-refractivity contribution in [1.82, 2.24) is 5.32 Å². The topological polar surface area (TPSA) is 104 Å². The first-order chi connectivity index (χ1) is 9.43. The summed E-state index contributed by atoms with van der Waals surface area (Å²) in [5.41, 5.74) is 0.818. The molecule has 0 saturated heterocycles. The molecule has 7 heteroatoms. The van der Waals surface area contributed by atoms with Crippen LogP contribution in [-0.4, -0.2) is 28.7 Å². The Hall–Kier alpha value is -2.15. The van der Waals surface area contributed by atoms with Crippen molar-refractivity contribution in [3.8, 4) is 0 Å². The van der Waals surface area contributed by atoms with Crippen molar-refractivity contribution in [3.63, 3.8) is 0 Å². The molecule has 20 heavy (non-hydrogen) atoms. The van der Waals surface area contributed by atoms with Crippen LogP contribution >= 0.6 is 0 Å². The minimum Gasteiger partial charge on any atom is -0.391 e. The van der Waals surface area contributed by atoms with E-state index in [9.17, 15) is 20.0 Å². The monoisotopic (exact) mass is 281 g/mol. The second kappa shape index (κ2) is 7.44. The molecule has 7 nitrogen and oxygen atoms in total. The molecule has 0 aliphatic carbocycles. The molecule has 0 bridgehead atoms. The predicted molar refractivity (Wildman–Crippen MR) is 75.8 cm³/mol. The molecule has 0 aromatic heterocycles. The number of aliphatic hydroxyl groups is 1. The zero-order valence-electron chi connectivity index (χ0n) is 11.5. The maximum absolute atomic E-state index is 11.6. The van der Waals surface area contributed by atoms with Gasteiger partial charge in [0.05, 0.1) is 11.0 Å². The Kier molecular flexibility index (Phi) is 5.92. The van der Waals surface area contributed by atoms with E-state index in [1.54, 1.807) is 19.1 Å². The summed E-state index contributed by atoms with van der Waals surface area (Å²) in [4.78, 5) is 21.9. The molecule has 2 amide bonds. The smallest absolute Gasteiger partial charge is 0.319 e. The zero-order valence-corrected chi connectivity index (χ0v) is 11.5. The van der Waals surface area contributed by atoms with Crippen LogP contribution in [0.3, 0.4) is 0 Å². The summed E-state index contributed by atoms with van der Waals surface area (Å²) >= 11 is 0. The van der Waals surface area contributed by atoms with E-state index in [-0.39, 0.29) is 12.2 Å². The summed E-state index contributed by atoms with van der Waals surface area (Å²) in [6.07, 6.45) is 0.850. The average molecular weight is 281 g/mol. The minimum absolute atomic E-state index is 0.0474. The van der Waals surface area contributed by atoms with Crippen LogP contribution in [0.5, 0.6) is 0 Å². The fourth-order valence-electron chi connectivity index (χ4n) is 1.70. The molecule has 0 aliphatic rings. The van der Waals surface area contributed by atoms with E-state index in [0.29, 0.717) is 17.7 Å². The lowest BCUT2D eigenvalue weighted by Gasteiger charge is -2.11. The largest absolute Gasteiger partial charge is 0.391 e. The Balaban J connectivity index is 2.58. The average Bonchev–Trinajstić information content (AvgIpc) is 2.39. The number of nitrogens with zero attached hydrogens (tertiary/aromatic N) is 1. The van der Waals surface area contributed by atoms with Gasteiger partial charge in [-0.1, -0.05) is 19.4 Å². The van der Waals surface area contributed by atoms with Crippen molar-refractivity contribution in [1.29, 1.82) is 0 Å². The Morgan fingerprint density at radius 3 is 2.80 bits per heavy atom. The number of rotatable bonds is 6. The maximum atomic E-state index is 11.6. The van der Waals surface area contributed by atoms with Gasteiger partial charge in [0.15, 0.2) is 0 Å². The van der Waals surface area contributed by atoms with Crippen LogP contribution in [0, 0.1) is 17.0 Å². The van der Waals surface area contributed by atoms with Crippen LogP contribution in [0.25, 0.3) is 0 Å². The van der Waals surface area contributed by atoms with E-state index < -0.39 is 17.1 Å². The van der Waals surface area contributed by atoms with Gasteiger partial charge in [0.25, 0.3) is 5.69 Å². The minimum atomic E-state index is -0.585. The van der Waals surface area contributed by atoms with Crippen molar-refractivity contribution >= 4 is 17.4 Å². The second-order valence-electron chi connectivity index (χ2n) is 4.54. The van der Waals surface area contributed by atoms with Gasteiger partial charge in [0.1, 0.15) is 0 Å². The molecular formula is C13H19N3O4. The highest BCUT2D eigenvalue weighted by molar-refractivity contribution is 5.89. The van der Waals surface area contributed by atoms with Gasteiger partial charge in [-0.3, -0.25) is 10.1 Å². The number of amides is 2. The van der Waals surface area contributed by atoms with E-state index >= 15 is 0 Å². The highest BCUT2D eigenvalue weighted by atomic mass is 16.6. The SMILES string of the molecule is CCCC(O)CNC(=O)Nc1ccc(C)c([N+](=O)[O-])c1. The second-order valence-corrected chi connectivity index (χ2v) is 4.54. The summed E-state index contributed by atoms with van der Waals surface area (Å²) in [7, 11) is 0. The van der Waals surface area contributed by atoms with Crippen LogP contribution in [-0.2, 0) is 0 Å². The van der Waals surface area contributed by atoms with E-state index in [2.05, 4.69) is 10.6 Å². The first-order valence-electron chi connectivity index (χ1n) is 6.42. The molecular weight excluding hydrogens is 262 g/mol. The molecule has 1 aromatic carbocycles. The van der Waals surface area contributed by atoms with Gasteiger partial charge in [-0.25, -0.2) is 4.79 Å². The van der Waals surface area contributed by atoms with E-state index in [1.807, 2.05) is 6.92 Å². The summed E-state index contributed by atoms with van der Waals surface area (Å²) in [6.45, 7) is 3.71. The molecule has 0 saturated carbocycles. The molecule has 110 valence electrons. The highest BCUT2D eigenvalue weighted by Gasteiger charge is 2.12. The lowest BCUT2D eigenvalue weighted by Crippen LogP contribution is -2.35. The number of hydrogen-bond acceptors (Lipinski definition) is 4. The first-order valence-corrected chi connectivity index (χ1v) is 6.42. The molecule has 0 aliphatic heterocycles. The summed E-state index contributed by atoms with van der Waals surface area (Å²) in [5.74, 6) is 0. The number of carbonyl (C=O) groups excluding carboxylic acids is 1. The lowest BCUT2D eigenvalue weighted by atomic mass is 10.2. The van der Waals surface area contributed by atoms with Crippen molar-refractivity contribution in [2.24, 2.45) is 0 Å². The number of aliphatic hydroxyl groups excluding tert-OH is 1.